The minimum atomic E-state index is -4.19. The Morgan fingerprint density at radius 2 is 1.76 bits per heavy atom. The lowest BCUT2D eigenvalue weighted by Crippen LogP contribution is -2.24. The van der Waals surface area contributed by atoms with E-state index in [1.54, 1.807) is 32.0 Å². The van der Waals surface area contributed by atoms with Gasteiger partial charge in [-0.3, -0.25) is 9.59 Å². The van der Waals surface area contributed by atoms with E-state index in [9.17, 15) is 22.4 Å². The molecule has 0 aliphatic heterocycles. The highest BCUT2D eigenvalue weighted by Crippen LogP contribution is 2.23. The second-order valence-corrected chi connectivity index (χ2v) is 9.97. The van der Waals surface area contributed by atoms with Gasteiger partial charge in [0.2, 0.25) is 21.2 Å². The molecule has 0 unspecified atom stereocenters. The normalized spacial score (nSPS) is 11.5. The van der Waals surface area contributed by atoms with Crippen LogP contribution < -0.4 is 10.7 Å². The number of amides is 1. The first kappa shape index (κ1) is 23.3. The molecule has 34 heavy (non-hydrogen) atoms. The number of aromatic nitrogens is 2. The standard InChI is InChI=1S/C25H22FN3O4S/c1-15-8-10-18(12-16(15)2)34(32,33)22-13-29(25-19(24(22)31)11-9-17(3)27-25)14-23(30)28-21-7-5-4-6-20(21)26/h4-13H,14H2,1-3H3,(H,28,30). The molecule has 4 rings (SSSR count). The van der Waals surface area contributed by atoms with Crippen molar-refractivity contribution in [3.8, 4) is 0 Å². The van der Waals surface area contributed by atoms with Crippen LogP contribution in [0.5, 0.6) is 0 Å². The van der Waals surface area contributed by atoms with Gasteiger partial charge in [0.05, 0.1) is 16.0 Å². The van der Waals surface area contributed by atoms with Gasteiger partial charge < -0.3 is 9.88 Å². The highest BCUT2D eigenvalue weighted by atomic mass is 32.2. The van der Waals surface area contributed by atoms with Crippen molar-refractivity contribution < 1.29 is 17.6 Å². The van der Waals surface area contributed by atoms with Crippen LogP contribution in [0.2, 0.25) is 0 Å². The molecule has 0 saturated heterocycles. The van der Waals surface area contributed by atoms with Gasteiger partial charge in [0.15, 0.2) is 0 Å². The van der Waals surface area contributed by atoms with E-state index in [-0.39, 0.29) is 28.2 Å². The number of benzene rings is 2. The summed E-state index contributed by atoms with van der Waals surface area (Å²) in [7, 11) is -4.19. The molecule has 0 fully saturated rings. The SMILES string of the molecule is Cc1ccc2c(=O)c(S(=O)(=O)c3ccc(C)c(C)c3)cn(CC(=O)Nc3ccccc3F)c2n1. The lowest BCUT2D eigenvalue weighted by Gasteiger charge is -2.14. The third kappa shape index (κ3) is 4.34. The molecule has 0 spiro atoms. The number of sulfone groups is 1. The van der Waals surface area contributed by atoms with Crippen LogP contribution in [0, 0.1) is 26.6 Å². The van der Waals surface area contributed by atoms with Crippen molar-refractivity contribution in [2.24, 2.45) is 0 Å². The van der Waals surface area contributed by atoms with Gasteiger partial charge in [-0.05, 0) is 68.3 Å². The largest absolute Gasteiger partial charge is 0.322 e. The Bertz CT molecular complexity index is 1610. The summed E-state index contributed by atoms with van der Waals surface area (Å²) < 4.78 is 42.1. The molecular formula is C25H22FN3O4S. The van der Waals surface area contributed by atoms with E-state index >= 15 is 0 Å². The van der Waals surface area contributed by atoms with Crippen molar-refractivity contribution in [3.05, 3.63) is 93.7 Å². The van der Waals surface area contributed by atoms with E-state index in [0.29, 0.717) is 5.69 Å². The minimum Gasteiger partial charge on any atom is -0.322 e. The number of nitrogens with one attached hydrogen (secondary N) is 1. The van der Waals surface area contributed by atoms with Crippen LogP contribution in [0.25, 0.3) is 11.0 Å². The monoisotopic (exact) mass is 479 g/mol. The number of aryl methyl sites for hydroxylation is 3. The highest BCUT2D eigenvalue weighted by molar-refractivity contribution is 7.91. The first-order valence-corrected chi connectivity index (χ1v) is 11.9. The lowest BCUT2D eigenvalue weighted by atomic mass is 10.1. The second-order valence-electron chi connectivity index (χ2n) is 8.05. The maximum Gasteiger partial charge on any atom is 0.244 e. The predicted octanol–water partition coefficient (Wildman–Crippen LogP) is 3.93. The maximum absolute atomic E-state index is 14.0. The van der Waals surface area contributed by atoms with Crippen molar-refractivity contribution in [1.29, 1.82) is 0 Å². The number of hydrogen-bond acceptors (Lipinski definition) is 5. The van der Waals surface area contributed by atoms with Gasteiger partial charge in [0.1, 0.15) is 22.9 Å². The molecule has 0 radical (unpaired) electrons. The summed E-state index contributed by atoms with van der Waals surface area (Å²) in [5, 5.41) is 2.53. The van der Waals surface area contributed by atoms with Crippen molar-refractivity contribution >= 4 is 32.5 Å². The lowest BCUT2D eigenvalue weighted by molar-refractivity contribution is -0.116. The Morgan fingerprint density at radius 3 is 2.47 bits per heavy atom. The fourth-order valence-electron chi connectivity index (χ4n) is 3.56. The predicted molar refractivity (Wildman–Crippen MR) is 127 cm³/mol. The van der Waals surface area contributed by atoms with Crippen molar-refractivity contribution in [2.75, 3.05) is 5.32 Å². The molecule has 0 aliphatic carbocycles. The third-order valence-corrected chi connectivity index (χ3v) is 7.31. The van der Waals surface area contributed by atoms with Crippen LogP contribution in [0.4, 0.5) is 10.1 Å². The maximum atomic E-state index is 14.0. The topological polar surface area (TPSA) is 98.1 Å². The first-order valence-electron chi connectivity index (χ1n) is 10.5. The van der Waals surface area contributed by atoms with Crippen molar-refractivity contribution in [1.82, 2.24) is 9.55 Å². The number of para-hydroxylation sites is 1. The Morgan fingerprint density at radius 1 is 1.03 bits per heavy atom. The molecule has 7 nitrogen and oxygen atoms in total. The van der Waals surface area contributed by atoms with Crippen LogP contribution in [-0.4, -0.2) is 23.9 Å². The smallest absolute Gasteiger partial charge is 0.244 e. The minimum absolute atomic E-state index is 0.00929. The molecular weight excluding hydrogens is 457 g/mol. The molecule has 0 atom stereocenters. The number of nitrogens with zero attached hydrogens (tertiary/aromatic N) is 2. The zero-order chi connectivity index (χ0) is 24.6. The second kappa shape index (κ2) is 8.83. The fourth-order valence-corrected chi connectivity index (χ4v) is 5.01. The average Bonchev–Trinajstić information content (AvgIpc) is 2.78. The highest BCUT2D eigenvalue weighted by Gasteiger charge is 2.25. The number of carbonyl (C=O) groups excluding carboxylic acids is 1. The van der Waals surface area contributed by atoms with Gasteiger partial charge in [-0.15, -0.1) is 0 Å². The quantitative estimate of drug-likeness (QED) is 0.468. The van der Waals surface area contributed by atoms with Crippen LogP contribution in [0.1, 0.15) is 16.8 Å². The summed E-state index contributed by atoms with van der Waals surface area (Å²) in [6.07, 6.45) is 1.13. The van der Waals surface area contributed by atoms with Gasteiger partial charge >= 0.3 is 0 Å². The molecule has 2 aromatic carbocycles. The van der Waals surface area contributed by atoms with Crippen molar-refractivity contribution in [3.63, 3.8) is 0 Å². The molecule has 4 aromatic rings. The number of halogens is 1. The number of anilines is 1. The number of hydrogen-bond donors (Lipinski definition) is 1. The number of fused-ring (bicyclic) bond motifs is 1. The zero-order valence-corrected chi connectivity index (χ0v) is 19.6. The molecule has 0 aliphatic rings. The summed E-state index contributed by atoms with van der Waals surface area (Å²) >= 11 is 0. The van der Waals surface area contributed by atoms with Crippen LogP contribution in [-0.2, 0) is 21.2 Å². The van der Waals surface area contributed by atoms with E-state index in [1.165, 1.54) is 41.0 Å². The zero-order valence-electron chi connectivity index (χ0n) is 18.8. The van der Waals surface area contributed by atoms with Gasteiger partial charge in [0, 0.05) is 11.9 Å². The average molecular weight is 480 g/mol. The van der Waals surface area contributed by atoms with Crippen LogP contribution in [0.3, 0.4) is 0 Å². The molecule has 2 heterocycles. The summed E-state index contributed by atoms with van der Waals surface area (Å²) in [4.78, 5) is 29.8. The Kier molecular flexibility index (Phi) is 6.05. The van der Waals surface area contributed by atoms with Gasteiger partial charge in [-0.25, -0.2) is 17.8 Å². The Hall–Kier alpha value is -3.85. The van der Waals surface area contributed by atoms with E-state index in [1.807, 2.05) is 6.92 Å². The summed E-state index contributed by atoms with van der Waals surface area (Å²) in [5.41, 5.74) is 1.72. The van der Waals surface area contributed by atoms with E-state index in [0.717, 1.165) is 17.3 Å². The van der Waals surface area contributed by atoms with E-state index in [2.05, 4.69) is 10.3 Å². The molecule has 0 saturated carbocycles. The molecule has 2 aromatic heterocycles. The Labute approximate surface area is 195 Å². The summed E-state index contributed by atoms with van der Waals surface area (Å²) in [5.74, 6) is -1.21. The van der Waals surface area contributed by atoms with Gasteiger partial charge in [-0.1, -0.05) is 18.2 Å². The van der Waals surface area contributed by atoms with E-state index in [4.69, 9.17) is 0 Å². The van der Waals surface area contributed by atoms with Crippen molar-refractivity contribution in [2.45, 2.75) is 37.1 Å². The molecule has 0 bridgehead atoms. The Balaban J connectivity index is 1.85. The number of rotatable bonds is 5. The van der Waals surface area contributed by atoms with Crippen LogP contribution >= 0.6 is 0 Å². The third-order valence-electron chi connectivity index (χ3n) is 5.57. The summed E-state index contributed by atoms with van der Waals surface area (Å²) in [6, 6.07) is 13.4. The number of carbonyl (C=O) groups is 1. The molecule has 1 N–H and O–H groups in total. The fraction of sp³-hybridized carbons (Fsp3) is 0.160. The number of pyridine rings is 2. The first-order chi connectivity index (χ1) is 16.1. The van der Waals surface area contributed by atoms with Gasteiger partial charge in [0.25, 0.3) is 0 Å². The van der Waals surface area contributed by atoms with E-state index < -0.39 is 31.9 Å². The van der Waals surface area contributed by atoms with Crippen LogP contribution in [0.15, 0.2) is 75.4 Å². The molecule has 9 heteroatoms. The summed E-state index contributed by atoms with van der Waals surface area (Å²) in [6.45, 7) is 4.98. The molecule has 1 amide bonds. The van der Waals surface area contributed by atoms with Gasteiger partial charge in [-0.2, -0.15) is 0 Å². The molecule has 174 valence electrons.